The number of rotatable bonds is 6. The number of ether oxygens (including phenoxy) is 1. The number of benzene rings is 3. The Labute approximate surface area is 219 Å². The van der Waals surface area contributed by atoms with Gasteiger partial charge < -0.3 is 4.74 Å². The summed E-state index contributed by atoms with van der Waals surface area (Å²) < 4.78 is 5.73. The maximum Gasteiger partial charge on any atom is 0.270 e. The molecule has 4 rings (SSSR count). The molecule has 0 N–H and O–H groups in total. The van der Waals surface area contributed by atoms with E-state index < -0.39 is 11.8 Å². The Balaban J connectivity index is 1.76. The van der Waals surface area contributed by atoms with Crippen LogP contribution in [0.2, 0.25) is 10.0 Å². The molecule has 0 radical (unpaired) electrons. The normalized spacial score (nSPS) is 15.3. The summed E-state index contributed by atoms with van der Waals surface area (Å²) >= 11 is 17.9. The summed E-state index contributed by atoms with van der Waals surface area (Å²) in [6, 6.07) is 20.9. The van der Waals surface area contributed by atoms with E-state index in [9.17, 15) is 9.59 Å². The summed E-state index contributed by atoms with van der Waals surface area (Å²) in [4.78, 5) is 29.8. The lowest BCUT2D eigenvalue weighted by atomic mass is 10.0. The van der Waals surface area contributed by atoms with E-state index in [-0.39, 0.29) is 15.7 Å². The van der Waals surface area contributed by atoms with Crippen molar-refractivity contribution in [1.82, 2.24) is 0 Å². The Hall–Kier alpha value is -3.19. The number of hydrogen-bond acceptors (Lipinski definition) is 4. The van der Waals surface area contributed by atoms with E-state index in [1.54, 1.807) is 60.7 Å². The van der Waals surface area contributed by atoms with Gasteiger partial charge in [-0.1, -0.05) is 67.4 Å². The molecule has 35 heavy (non-hydrogen) atoms. The topological polar surface area (TPSA) is 49.9 Å². The molecule has 0 saturated carbocycles. The largest absolute Gasteiger partial charge is 0.493 e. The fourth-order valence-corrected chi connectivity index (χ4v) is 4.14. The van der Waals surface area contributed by atoms with Crippen LogP contribution < -0.4 is 14.5 Å². The van der Waals surface area contributed by atoms with Crippen LogP contribution in [0.1, 0.15) is 19.4 Å². The van der Waals surface area contributed by atoms with Crippen molar-refractivity contribution < 1.29 is 14.3 Å². The van der Waals surface area contributed by atoms with Gasteiger partial charge in [0.25, 0.3) is 11.8 Å². The van der Waals surface area contributed by atoms with Crippen molar-refractivity contribution in [2.24, 2.45) is 5.92 Å². The molecule has 178 valence electrons. The number of thiocarbonyl (C=S) groups is 1. The fraction of sp³-hybridized carbons (Fsp3) is 0.148. The molecule has 1 aliphatic heterocycles. The van der Waals surface area contributed by atoms with E-state index in [0.29, 0.717) is 40.2 Å². The van der Waals surface area contributed by atoms with Gasteiger partial charge >= 0.3 is 0 Å². The van der Waals surface area contributed by atoms with Gasteiger partial charge in [-0.25, -0.2) is 0 Å². The van der Waals surface area contributed by atoms with Gasteiger partial charge in [-0.05, 0) is 72.2 Å². The van der Waals surface area contributed by atoms with Gasteiger partial charge in [-0.15, -0.1) is 0 Å². The predicted molar refractivity (Wildman–Crippen MR) is 145 cm³/mol. The molecule has 3 aromatic rings. The molecule has 0 aromatic heterocycles. The molecule has 0 atom stereocenters. The van der Waals surface area contributed by atoms with Crippen LogP contribution in [-0.4, -0.2) is 23.5 Å². The minimum atomic E-state index is -0.550. The van der Waals surface area contributed by atoms with Gasteiger partial charge in [0.1, 0.15) is 11.3 Å². The molecular weight excluding hydrogens is 503 g/mol. The van der Waals surface area contributed by atoms with Crippen LogP contribution >= 0.6 is 35.4 Å². The maximum atomic E-state index is 13.6. The van der Waals surface area contributed by atoms with Crippen LogP contribution in [0.5, 0.6) is 5.75 Å². The second-order valence-electron chi connectivity index (χ2n) is 8.33. The number of para-hydroxylation sites is 1. The van der Waals surface area contributed by atoms with Gasteiger partial charge in [-0.3, -0.25) is 19.4 Å². The Kier molecular flexibility index (Phi) is 7.55. The lowest BCUT2D eigenvalue weighted by Gasteiger charge is -2.36. The standard InChI is InChI=1S/C27H22Cl2N2O3S/c1-17(2)16-34-21-11-8-18(9-12-21)14-22-25(32)30(19-6-4-3-5-7-19)27(35)31(26(22)33)20-10-13-23(28)24(29)15-20/h3-15,17H,16H2,1-2H3. The van der Waals surface area contributed by atoms with Gasteiger partial charge in [0.2, 0.25) is 0 Å². The van der Waals surface area contributed by atoms with Crippen LogP contribution in [-0.2, 0) is 9.59 Å². The molecule has 1 aliphatic rings. The SMILES string of the molecule is CC(C)COc1ccc(C=C2C(=O)N(c3ccccc3)C(=S)N(c3ccc(Cl)c(Cl)c3)C2=O)cc1. The quantitative estimate of drug-likeness (QED) is 0.202. The molecule has 3 aromatic carbocycles. The van der Waals surface area contributed by atoms with Crippen molar-refractivity contribution in [3.05, 3.63) is 94.0 Å². The minimum absolute atomic E-state index is 0.0270. The zero-order valence-corrected chi connectivity index (χ0v) is 21.4. The van der Waals surface area contributed by atoms with Crippen molar-refractivity contribution in [2.75, 3.05) is 16.4 Å². The Morgan fingerprint density at radius 3 is 2.09 bits per heavy atom. The summed E-state index contributed by atoms with van der Waals surface area (Å²) in [6.45, 7) is 4.74. The molecule has 1 saturated heterocycles. The Morgan fingerprint density at radius 1 is 0.857 bits per heavy atom. The number of halogens is 2. The van der Waals surface area contributed by atoms with Crippen molar-refractivity contribution in [3.8, 4) is 5.75 Å². The molecule has 0 spiro atoms. The molecule has 2 amide bonds. The molecule has 1 fully saturated rings. The number of anilines is 2. The second kappa shape index (κ2) is 10.6. The van der Waals surface area contributed by atoms with E-state index in [2.05, 4.69) is 13.8 Å². The van der Waals surface area contributed by atoms with Crippen LogP contribution in [0.15, 0.2) is 78.4 Å². The molecule has 0 aliphatic carbocycles. The first kappa shape index (κ1) is 24.9. The average molecular weight is 525 g/mol. The number of hydrogen-bond donors (Lipinski definition) is 0. The minimum Gasteiger partial charge on any atom is -0.493 e. The third-order valence-corrected chi connectivity index (χ3v) is 6.30. The molecule has 1 heterocycles. The molecule has 8 heteroatoms. The summed E-state index contributed by atoms with van der Waals surface area (Å²) in [7, 11) is 0. The smallest absolute Gasteiger partial charge is 0.270 e. The molecule has 0 unspecified atom stereocenters. The number of amides is 2. The van der Waals surface area contributed by atoms with Crippen molar-refractivity contribution in [1.29, 1.82) is 0 Å². The number of nitrogens with zero attached hydrogens (tertiary/aromatic N) is 2. The number of carbonyl (C=O) groups is 2. The summed E-state index contributed by atoms with van der Waals surface area (Å²) in [5, 5.41) is 0.641. The third kappa shape index (κ3) is 5.40. The van der Waals surface area contributed by atoms with Crippen molar-refractivity contribution >= 4 is 69.8 Å². The van der Waals surface area contributed by atoms with Crippen molar-refractivity contribution in [3.63, 3.8) is 0 Å². The first-order valence-electron chi connectivity index (χ1n) is 10.9. The second-order valence-corrected chi connectivity index (χ2v) is 9.51. The summed E-state index contributed by atoms with van der Waals surface area (Å²) in [6.07, 6.45) is 1.55. The van der Waals surface area contributed by atoms with Gasteiger partial charge in [-0.2, -0.15) is 0 Å². The maximum absolute atomic E-state index is 13.6. The molecule has 0 bridgehead atoms. The Morgan fingerprint density at radius 2 is 1.49 bits per heavy atom. The first-order valence-corrected chi connectivity index (χ1v) is 12.1. The van der Waals surface area contributed by atoms with Crippen LogP contribution in [0.25, 0.3) is 6.08 Å². The highest BCUT2D eigenvalue weighted by molar-refractivity contribution is 7.81. The number of carbonyl (C=O) groups excluding carboxylic acids is 2. The fourth-order valence-electron chi connectivity index (χ4n) is 3.48. The lowest BCUT2D eigenvalue weighted by molar-refractivity contribution is -0.120. The highest BCUT2D eigenvalue weighted by Crippen LogP contribution is 2.33. The summed E-state index contributed by atoms with van der Waals surface area (Å²) in [5.74, 6) is 0.0504. The van der Waals surface area contributed by atoms with Gasteiger partial charge in [0.05, 0.1) is 28.0 Å². The Bertz CT molecular complexity index is 1310. The first-order chi connectivity index (χ1) is 16.8. The third-order valence-electron chi connectivity index (χ3n) is 5.20. The average Bonchev–Trinajstić information content (AvgIpc) is 2.84. The molecule has 5 nitrogen and oxygen atoms in total. The van der Waals surface area contributed by atoms with E-state index in [1.807, 2.05) is 18.2 Å². The van der Waals surface area contributed by atoms with Gasteiger partial charge in [0, 0.05) is 0 Å². The van der Waals surface area contributed by atoms with E-state index in [4.69, 9.17) is 40.2 Å². The lowest BCUT2D eigenvalue weighted by Crippen LogP contribution is -2.56. The summed E-state index contributed by atoms with van der Waals surface area (Å²) in [5.41, 5.74) is 1.59. The zero-order chi connectivity index (χ0) is 25.1. The van der Waals surface area contributed by atoms with Crippen LogP contribution in [0.4, 0.5) is 11.4 Å². The molecular formula is C27H22Cl2N2O3S. The van der Waals surface area contributed by atoms with Crippen LogP contribution in [0, 0.1) is 5.92 Å². The van der Waals surface area contributed by atoms with Crippen molar-refractivity contribution in [2.45, 2.75) is 13.8 Å². The van der Waals surface area contributed by atoms with Gasteiger partial charge in [0.15, 0.2) is 5.11 Å². The monoisotopic (exact) mass is 524 g/mol. The highest BCUT2D eigenvalue weighted by Gasteiger charge is 2.41. The van der Waals surface area contributed by atoms with E-state index in [1.165, 1.54) is 9.80 Å². The predicted octanol–water partition coefficient (Wildman–Crippen LogP) is 6.78. The van der Waals surface area contributed by atoms with Crippen LogP contribution in [0.3, 0.4) is 0 Å². The van der Waals surface area contributed by atoms with E-state index >= 15 is 0 Å². The van der Waals surface area contributed by atoms with E-state index in [0.717, 1.165) is 0 Å². The zero-order valence-electron chi connectivity index (χ0n) is 19.1. The highest BCUT2D eigenvalue weighted by atomic mass is 35.5.